The highest BCUT2D eigenvalue weighted by molar-refractivity contribution is 5.99. The van der Waals surface area contributed by atoms with Gasteiger partial charge in [0.05, 0.1) is 17.1 Å². The summed E-state index contributed by atoms with van der Waals surface area (Å²) >= 11 is 0. The van der Waals surface area contributed by atoms with Crippen LogP contribution < -0.4 is 4.90 Å². The van der Waals surface area contributed by atoms with Crippen LogP contribution in [-0.2, 0) is 6.42 Å². The zero-order chi connectivity index (χ0) is 18.5. The van der Waals surface area contributed by atoms with Crippen LogP contribution in [0.3, 0.4) is 0 Å². The van der Waals surface area contributed by atoms with E-state index in [1.54, 1.807) is 10.6 Å². The minimum absolute atomic E-state index is 0.125. The highest BCUT2D eigenvalue weighted by Gasteiger charge is 2.34. The molecule has 0 aliphatic carbocycles. The molecule has 5 nitrogen and oxygen atoms in total. The lowest BCUT2D eigenvalue weighted by molar-refractivity contribution is 0.0964. The number of para-hydroxylation sites is 3. The van der Waals surface area contributed by atoms with E-state index in [4.69, 9.17) is 0 Å². The van der Waals surface area contributed by atoms with Crippen LogP contribution >= 0.6 is 0 Å². The summed E-state index contributed by atoms with van der Waals surface area (Å²) in [5, 5.41) is 9.88. The SMILES string of the molecule is C[C@H]1Cc2ccccc2N1CC1=CC(=O)n2c(nc3ccccc32)[C@@H]1C#N. The van der Waals surface area contributed by atoms with E-state index in [-0.39, 0.29) is 5.91 Å². The summed E-state index contributed by atoms with van der Waals surface area (Å²) in [6.07, 6.45) is 2.61. The molecule has 2 aromatic carbocycles. The molecule has 132 valence electrons. The van der Waals surface area contributed by atoms with Crippen molar-refractivity contribution in [2.75, 3.05) is 11.4 Å². The zero-order valence-electron chi connectivity index (χ0n) is 15.0. The molecule has 1 aromatic heterocycles. The normalized spacial score (nSPS) is 21.0. The summed E-state index contributed by atoms with van der Waals surface area (Å²) < 4.78 is 1.58. The number of carbonyl (C=O) groups excluding carboxylic acids is 1. The van der Waals surface area contributed by atoms with Crippen LogP contribution in [0, 0.1) is 11.3 Å². The Bertz CT molecular complexity index is 1150. The van der Waals surface area contributed by atoms with Crippen molar-refractivity contribution in [3.05, 3.63) is 71.6 Å². The van der Waals surface area contributed by atoms with Gasteiger partial charge in [-0.3, -0.25) is 9.36 Å². The van der Waals surface area contributed by atoms with Gasteiger partial charge in [0.2, 0.25) is 0 Å². The van der Waals surface area contributed by atoms with Gasteiger partial charge >= 0.3 is 0 Å². The molecule has 3 heterocycles. The Morgan fingerprint density at radius 3 is 2.81 bits per heavy atom. The summed E-state index contributed by atoms with van der Waals surface area (Å²) in [7, 11) is 0. The second-order valence-corrected chi connectivity index (χ2v) is 7.22. The molecular formula is C22H18N4O. The molecule has 0 fully saturated rings. The molecule has 2 atom stereocenters. The molecule has 5 heteroatoms. The topological polar surface area (TPSA) is 61.9 Å². The second-order valence-electron chi connectivity index (χ2n) is 7.22. The van der Waals surface area contributed by atoms with Crippen molar-refractivity contribution in [2.45, 2.75) is 25.3 Å². The van der Waals surface area contributed by atoms with Gasteiger partial charge in [-0.2, -0.15) is 5.26 Å². The van der Waals surface area contributed by atoms with Crippen LogP contribution in [0.1, 0.15) is 29.0 Å². The predicted molar refractivity (Wildman–Crippen MR) is 104 cm³/mol. The van der Waals surface area contributed by atoms with Gasteiger partial charge in [0.1, 0.15) is 11.7 Å². The number of nitrogens with zero attached hydrogens (tertiary/aromatic N) is 4. The minimum Gasteiger partial charge on any atom is -0.364 e. The Morgan fingerprint density at radius 2 is 1.96 bits per heavy atom. The number of allylic oxidation sites excluding steroid dienone is 1. The lowest BCUT2D eigenvalue weighted by atomic mass is 9.95. The van der Waals surface area contributed by atoms with Gasteiger partial charge in [0.15, 0.2) is 0 Å². The smallest absolute Gasteiger partial charge is 0.256 e. The number of carbonyl (C=O) groups is 1. The summed E-state index contributed by atoms with van der Waals surface area (Å²) in [5.74, 6) is -0.114. The Labute approximate surface area is 157 Å². The van der Waals surface area contributed by atoms with Crippen molar-refractivity contribution < 1.29 is 4.79 Å². The number of nitriles is 1. The molecule has 0 spiro atoms. The summed E-state index contributed by atoms with van der Waals surface area (Å²) in [6.45, 7) is 2.74. The maximum absolute atomic E-state index is 12.9. The average molecular weight is 354 g/mol. The van der Waals surface area contributed by atoms with Gasteiger partial charge in [0.25, 0.3) is 5.91 Å². The molecule has 0 N–H and O–H groups in total. The predicted octanol–water partition coefficient (Wildman–Crippen LogP) is 3.67. The molecule has 27 heavy (non-hydrogen) atoms. The first-order valence-corrected chi connectivity index (χ1v) is 9.13. The van der Waals surface area contributed by atoms with Crippen molar-refractivity contribution in [3.8, 4) is 6.07 Å². The quantitative estimate of drug-likeness (QED) is 0.704. The molecule has 0 saturated carbocycles. The lowest BCUT2D eigenvalue weighted by Crippen LogP contribution is -2.34. The van der Waals surface area contributed by atoms with E-state index in [1.165, 1.54) is 11.3 Å². The van der Waals surface area contributed by atoms with Gasteiger partial charge in [-0.25, -0.2) is 4.98 Å². The number of benzene rings is 2. The standard InChI is InChI=1S/C22H18N4O/c1-14-10-15-6-2-4-8-19(15)25(14)13-16-11-21(27)26-20-9-5-3-7-18(20)24-22(26)17(16)12-23/h2-9,11,14,17H,10,13H2,1H3/t14-,17+/m0/s1. The third-order valence-electron chi connectivity index (χ3n) is 5.58. The molecule has 0 unspecified atom stereocenters. The van der Waals surface area contributed by atoms with Crippen molar-refractivity contribution in [1.82, 2.24) is 9.55 Å². The van der Waals surface area contributed by atoms with E-state index in [1.807, 2.05) is 30.3 Å². The molecule has 2 aliphatic rings. The van der Waals surface area contributed by atoms with E-state index in [9.17, 15) is 10.1 Å². The molecule has 2 aliphatic heterocycles. The first kappa shape index (κ1) is 15.8. The molecule has 0 saturated heterocycles. The van der Waals surface area contributed by atoms with E-state index < -0.39 is 5.92 Å². The number of anilines is 1. The van der Waals surface area contributed by atoms with Gasteiger partial charge in [-0.15, -0.1) is 0 Å². The number of aromatic nitrogens is 2. The van der Waals surface area contributed by atoms with Crippen molar-refractivity contribution in [1.29, 1.82) is 5.26 Å². The van der Waals surface area contributed by atoms with Crippen LogP contribution in [0.15, 0.2) is 60.2 Å². The fraction of sp³-hybridized carbons (Fsp3) is 0.227. The van der Waals surface area contributed by atoms with Crippen LogP contribution in [0.2, 0.25) is 0 Å². The minimum atomic E-state index is -0.518. The largest absolute Gasteiger partial charge is 0.364 e. The fourth-order valence-electron chi connectivity index (χ4n) is 4.29. The maximum atomic E-state index is 12.9. The Kier molecular flexibility index (Phi) is 3.41. The Balaban J connectivity index is 1.57. The number of imidazole rings is 1. The zero-order valence-corrected chi connectivity index (χ0v) is 15.0. The maximum Gasteiger partial charge on any atom is 0.256 e. The van der Waals surface area contributed by atoms with Crippen LogP contribution in [-0.4, -0.2) is 28.0 Å². The van der Waals surface area contributed by atoms with Crippen molar-refractivity contribution in [3.63, 3.8) is 0 Å². The van der Waals surface area contributed by atoms with E-state index >= 15 is 0 Å². The Morgan fingerprint density at radius 1 is 1.19 bits per heavy atom. The van der Waals surface area contributed by atoms with Gasteiger partial charge in [-0.05, 0) is 42.7 Å². The van der Waals surface area contributed by atoms with E-state index in [2.05, 4.69) is 41.1 Å². The lowest BCUT2D eigenvalue weighted by Gasteiger charge is -2.29. The highest BCUT2D eigenvalue weighted by Crippen LogP contribution is 2.36. The average Bonchev–Trinajstić information content (AvgIpc) is 3.20. The third-order valence-corrected chi connectivity index (χ3v) is 5.58. The molecule has 0 radical (unpaired) electrons. The summed E-state index contributed by atoms with van der Waals surface area (Å²) in [5.41, 5.74) is 4.82. The molecule has 0 bridgehead atoms. The van der Waals surface area contributed by atoms with Crippen LogP contribution in [0.25, 0.3) is 11.0 Å². The Hall–Kier alpha value is -3.39. The third kappa shape index (κ3) is 2.30. The molecule has 3 aromatic rings. The van der Waals surface area contributed by atoms with E-state index in [0.29, 0.717) is 18.4 Å². The number of fused-ring (bicyclic) bond motifs is 4. The van der Waals surface area contributed by atoms with E-state index in [0.717, 1.165) is 23.0 Å². The first-order valence-electron chi connectivity index (χ1n) is 9.13. The first-order chi connectivity index (χ1) is 13.2. The molecule has 5 rings (SSSR count). The number of hydrogen-bond acceptors (Lipinski definition) is 4. The van der Waals surface area contributed by atoms with Crippen molar-refractivity contribution >= 4 is 22.6 Å². The summed E-state index contributed by atoms with van der Waals surface area (Å²) in [6, 6.07) is 18.6. The van der Waals surface area contributed by atoms with Crippen molar-refractivity contribution in [2.24, 2.45) is 0 Å². The van der Waals surface area contributed by atoms with Gasteiger partial charge < -0.3 is 4.90 Å². The monoisotopic (exact) mass is 354 g/mol. The van der Waals surface area contributed by atoms with Crippen LogP contribution in [0.4, 0.5) is 5.69 Å². The van der Waals surface area contributed by atoms with Gasteiger partial charge in [-0.1, -0.05) is 30.3 Å². The summed E-state index contributed by atoms with van der Waals surface area (Å²) in [4.78, 5) is 19.7. The highest BCUT2D eigenvalue weighted by atomic mass is 16.2. The van der Waals surface area contributed by atoms with Crippen LogP contribution in [0.5, 0.6) is 0 Å². The molecule has 0 amide bonds. The second kappa shape index (κ2) is 5.82. The fourth-order valence-corrected chi connectivity index (χ4v) is 4.29. The number of rotatable bonds is 2. The number of hydrogen-bond donors (Lipinski definition) is 0. The molecular weight excluding hydrogens is 336 g/mol. The van der Waals surface area contributed by atoms with Gasteiger partial charge in [0, 0.05) is 24.4 Å².